The van der Waals surface area contributed by atoms with Gasteiger partial charge in [-0.25, -0.2) is 4.79 Å². The molecule has 1 aromatic carbocycles. The van der Waals surface area contributed by atoms with Gasteiger partial charge in [0, 0.05) is 24.1 Å². The number of amides is 4. The van der Waals surface area contributed by atoms with Crippen molar-refractivity contribution in [1.82, 2.24) is 16.0 Å². The minimum absolute atomic E-state index is 0.0230. The highest BCUT2D eigenvalue weighted by Crippen LogP contribution is 2.06. The van der Waals surface area contributed by atoms with Gasteiger partial charge in [-0.3, -0.25) is 19.2 Å². The summed E-state index contributed by atoms with van der Waals surface area (Å²) in [5, 5.41) is 8.02. The van der Waals surface area contributed by atoms with E-state index in [0.29, 0.717) is 31.4 Å². The average Bonchev–Trinajstić information content (AvgIpc) is 2.85. The fourth-order valence-electron chi connectivity index (χ4n) is 3.18. The first-order valence-corrected chi connectivity index (χ1v) is 12.0. The van der Waals surface area contributed by atoms with E-state index in [-0.39, 0.29) is 19.4 Å². The molecule has 11 nitrogen and oxygen atoms in total. The molecule has 1 rings (SSSR count). The Balaban J connectivity index is 2.89. The van der Waals surface area contributed by atoms with E-state index in [9.17, 15) is 24.0 Å². The Morgan fingerprint density at radius 3 is 2.28 bits per heavy atom. The third-order valence-corrected chi connectivity index (χ3v) is 5.14. The molecule has 0 saturated carbocycles. The lowest BCUT2D eigenvalue weighted by Gasteiger charge is -2.23. The van der Waals surface area contributed by atoms with Crippen LogP contribution >= 0.6 is 0 Å². The molecule has 4 amide bonds. The molecule has 0 aliphatic heterocycles. The zero-order valence-electron chi connectivity index (χ0n) is 20.8. The van der Waals surface area contributed by atoms with E-state index in [0.717, 1.165) is 0 Å². The third kappa shape index (κ3) is 12.1. The number of primary amides is 1. The second-order valence-corrected chi connectivity index (χ2v) is 8.14. The maximum Gasteiger partial charge on any atom is 0.330 e. The number of hydrogen-bond donors (Lipinski definition) is 5. The first-order chi connectivity index (χ1) is 17.2. The van der Waals surface area contributed by atoms with Gasteiger partial charge in [0.05, 0.1) is 6.61 Å². The van der Waals surface area contributed by atoms with Crippen LogP contribution in [0.1, 0.15) is 56.3 Å². The Labute approximate surface area is 211 Å². The standard InChI is InChI=1S/C25H37N5O6/c1-3-36-22(32)15-13-19(12-14-21(27)31)29-25(35)20(11-7-8-16-26)30-23(33)17(2)28-24(34)18-9-5-4-6-10-18/h4-6,9-10,13,15,17,19-20H,3,7-8,11-12,14,16,26H2,1-2H3,(H2,27,31)(H,28,34)(H,29,35)(H,30,33)/b15-13+/t17-,19-,20-/m0/s1. The number of rotatable bonds is 16. The molecule has 0 unspecified atom stereocenters. The molecular weight excluding hydrogens is 466 g/mol. The van der Waals surface area contributed by atoms with Crippen molar-refractivity contribution in [3.05, 3.63) is 48.0 Å². The predicted octanol–water partition coefficient (Wildman–Crippen LogP) is 0.288. The first kappa shape index (κ1) is 30.3. The maximum atomic E-state index is 13.1. The second kappa shape index (κ2) is 16.8. The van der Waals surface area contributed by atoms with Gasteiger partial charge < -0.3 is 32.2 Å². The summed E-state index contributed by atoms with van der Waals surface area (Å²) in [5.74, 6) is -2.62. The molecule has 0 heterocycles. The van der Waals surface area contributed by atoms with Crippen molar-refractivity contribution in [2.24, 2.45) is 11.5 Å². The van der Waals surface area contributed by atoms with Crippen LogP contribution in [0.15, 0.2) is 42.5 Å². The normalized spacial score (nSPS) is 13.3. The molecule has 0 aliphatic carbocycles. The van der Waals surface area contributed by atoms with Gasteiger partial charge in [0.1, 0.15) is 12.1 Å². The quantitative estimate of drug-likeness (QED) is 0.122. The Morgan fingerprint density at radius 1 is 0.972 bits per heavy atom. The zero-order valence-corrected chi connectivity index (χ0v) is 20.8. The topological polar surface area (TPSA) is 183 Å². The van der Waals surface area contributed by atoms with Crippen LogP contribution in [0.4, 0.5) is 0 Å². The highest BCUT2D eigenvalue weighted by Gasteiger charge is 2.25. The summed E-state index contributed by atoms with van der Waals surface area (Å²) in [6.07, 6.45) is 4.24. The van der Waals surface area contributed by atoms with Crippen LogP contribution < -0.4 is 27.4 Å². The summed E-state index contributed by atoms with van der Waals surface area (Å²) in [4.78, 5) is 61.1. The van der Waals surface area contributed by atoms with Gasteiger partial charge in [0.25, 0.3) is 5.91 Å². The van der Waals surface area contributed by atoms with E-state index < -0.39 is 47.7 Å². The number of nitrogens with one attached hydrogen (secondary N) is 3. The molecule has 1 aromatic rings. The van der Waals surface area contributed by atoms with Crippen LogP contribution in [-0.4, -0.2) is 60.9 Å². The molecule has 0 aliphatic rings. The van der Waals surface area contributed by atoms with E-state index in [4.69, 9.17) is 16.2 Å². The lowest BCUT2D eigenvalue weighted by molar-refractivity contribution is -0.137. The summed E-state index contributed by atoms with van der Waals surface area (Å²) in [5.41, 5.74) is 11.2. The molecule has 11 heteroatoms. The number of ether oxygens (including phenoxy) is 1. The number of carbonyl (C=O) groups excluding carboxylic acids is 5. The number of esters is 1. The fraction of sp³-hybridized carbons (Fsp3) is 0.480. The highest BCUT2D eigenvalue weighted by atomic mass is 16.5. The van der Waals surface area contributed by atoms with Gasteiger partial charge in [-0.05, 0) is 58.2 Å². The molecule has 0 aromatic heterocycles. The van der Waals surface area contributed by atoms with Crippen molar-refractivity contribution in [1.29, 1.82) is 0 Å². The Hall–Kier alpha value is -3.73. The Kier molecular flexibility index (Phi) is 14.2. The number of benzene rings is 1. The van der Waals surface area contributed by atoms with Crippen molar-refractivity contribution >= 4 is 29.6 Å². The number of nitrogens with two attached hydrogens (primary N) is 2. The van der Waals surface area contributed by atoms with Crippen LogP contribution in [0.5, 0.6) is 0 Å². The Morgan fingerprint density at radius 2 is 1.67 bits per heavy atom. The maximum absolute atomic E-state index is 13.1. The van der Waals surface area contributed by atoms with E-state index in [1.54, 1.807) is 37.3 Å². The summed E-state index contributed by atoms with van der Waals surface area (Å²) in [6, 6.07) is 5.92. The van der Waals surface area contributed by atoms with Crippen molar-refractivity contribution < 1.29 is 28.7 Å². The smallest absolute Gasteiger partial charge is 0.330 e. The summed E-state index contributed by atoms with van der Waals surface area (Å²) in [6.45, 7) is 3.80. The highest BCUT2D eigenvalue weighted by molar-refractivity contribution is 5.98. The number of hydrogen-bond acceptors (Lipinski definition) is 7. The van der Waals surface area contributed by atoms with Gasteiger partial charge in [0.2, 0.25) is 17.7 Å². The Bertz CT molecular complexity index is 905. The second-order valence-electron chi connectivity index (χ2n) is 8.14. The minimum atomic E-state index is -0.924. The predicted molar refractivity (Wildman–Crippen MR) is 134 cm³/mol. The van der Waals surface area contributed by atoms with Gasteiger partial charge in [-0.1, -0.05) is 24.3 Å². The fourth-order valence-corrected chi connectivity index (χ4v) is 3.18. The monoisotopic (exact) mass is 503 g/mol. The molecule has 3 atom stereocenters. The SMILES string of the molecule is CCOC(=O)/C=C/[C@H](CCC(N)=O)NC(=O)[C@H](CCCCN)NC(=O)[C@H](C)NC(=O)c1ccccc1. The van der Waals surface area contributed by atoms with E-state index in [1.807, 2.05) is 0 Å². The summed E-state index contributed by atoms with van der Waals surface area (Å²) >= 11 is 0. The third-order valence-electron chi connectivity index (χ3n) is 5.14. The van der Waals surface area contributed by atoms with Crippen molar-refractivity contribution in [3.63, 3.8) is 0 Å². The van der Waals surface area contributed by atoms with E-state index >= 15 is 0 Å². The van der Waals surface area contributed by atoms with Crippen LogP contribution in [0.2, 0.25) is 0 Å². The molecule has 7 N–H and O–H groups in total. The van der Waals surface area contributed by atoms with Crippen LogP contribution in [0, 0.1) is 0 Å². The molecule has 0 fully saturated rings. The van der Waals surface area contributed by atoms with Crippen molar-refractivity contribution in [2.45, 2.75) is 64.1 Å². The van der Waals surface area contributed by atoms with Gasteiger partial charge >= 0.3 is 5.97 Å². The van der Waals surface area contributed by atoms with Gasteiger partial charge in [0.15, 0.2) is 0 Å². The summed E-state index contributed by atoms with van der Waals surface area (Å²) in [7, 11) is 0. The molecular formula is C25H37N5O6. The minimum Gasteiger partial charge on any atom is -0.463 e. The van der Waals surface area contributed by atoms with Gasteiger partial charge in [-0.15, -0.1) is 0 Å². The molecule has 198 valence electrons. The largest absolute Gasteiger partial charge is 0.463 e. The van der Waals surface area contributed by atoms with Gasteiger partial charge in [-0.2, -0.15) is 0 Å². The molecule has 0 bridgehead atoms. The molecule has 0 spiro atoms. The first-order valence-electron chi connectivity index (χ1n) is 12.0. The number of carbonyl (C=O) groups is 5. The molecule has 0 radical (unpaired) electrons. The number of unbranched alkanes of at least 4 members (excludes halogenated alkanes) is 1. The van der Waals surface area contributed by atoms with Crippen LogP contribution in [0.3, 0.4) is 0 Å². The molecule has 0 saturated heterocycles. The van der Waals surface area contributed by atoms with Crippen molar-refractivity contribution in [2.75, 3.05) is 13.2 Å². The molecule has 36 heavy (non-hydrogen) atoms. The van der Waals surface area contributed by atoms with E-state index in [2.05, 4.69) is 16.0 Å². The van der Waals surface area contributed by atoms with Crippen LogP contribution in [0.25, 0.3) is 0 Å². The summed E-state index contributed by atoms with van der Waals surface area (Å²) < 4.78 is 4.84. The van der Waals surface area contributed by atoms with Crippen LogP contribution in [-0.2, 0) is 23.9 Å². The lowest BCUT2D eigenvalue weighted by atomic mass is 10.1. The zero-order chi connectivity index (χ0) is 26.9. The van der Waals surface area contributed by atoms with E-state index in [1.165, 1.54) is 19.1 Å². The van der Waals surface area contributed by atoms with Crippen molar-refractivity contribution in [3.8, 4) is 0 Å². The lowest BCUT2D eigenvalue weighted by Crippen LogP contribution is -2.54. The average molecular weight is 504 g/mol.